The van der Waals surface area contributed by atoms with E-state index < -0.39 is 0 Å². The van der Waals surface area contributed by atoms with Gasteiger partial charge < -0.3 is 19.6 Å². The Morgan fingerprint density at radius 2 is 1.93 bits per heavy atom. The first-order chi connectivity index (χ1) is 14.1. The van der Waals surface area contributed by atoms with E-state index in [0.29, 0.717) is 5.69 Å². The molecule has 2 aromatic heterocycles. The molecule has 4 rings (SSSR count). The third-order valence-corrected chi connectivity index (χ3v) is 4.66. The van der Waals surface area contributed by atoms with Crippen LogP contribution in [0.2, 0.25) is 0 Å². The van der Waals surface area contributed by atoms with Crippen LogP contribution < -0.4 is 15.5 Å². The molecule has 2 aromatic carbocycles. The summed E-state index contributed by atoms with van der Waals surface area (Å²) in [5, 5.41) is 3.82. The molecule has 0 fully saturated rings. The molecule has 0 unspecified atom stereocenters. The minimum absolute atomic E-state index is 0.123. The molecule has 0 bridgehead atoms. The number of fused-ring (bicyclic) bond motifs is 1. The van der Waals surface area contributed by atoms with Crippen molar-refractivity contribution in [3.8, 4) is 5.75 Å². The van der Waals surface area contributed by atoms with Crippen LogP contribution in [0, 0.1) is 6.92 Å². The first kappa shape index (κ1) is 18.6. The minimum atomic E-state index is -0.326. The van der Waals surface area contributed by atoms with Crippen molar-refractivity contribution in [2.75, 3.05) is 11.9 Å². The number of hydrogen-bond acceptors (Lipinski definition) is 3. The Bertz CT molecular complexity index is 1210. The topological polar surface area (TPSA) is 76.1 Å². The van der Waals surface area contributed by atoms with Gasteiger partial charge in [-0.3, -0.25) is 9.59 Å². The number of carbonyl (C=O) groups excluding carboxylic acids is 1. The van der Waals surface area contributed by atoms with E-state index in [1.165, 1.54) is 17.8 Å². The summed E-state index contributed by atoms with van der Waals surface area (Å²) in [6, 6.07) is 19.4. The lowest BCUT2D eigenvalue weighted by Gasteiger charge is -2.10. The fourth-order valence-corrected chi connectivity index (χ4v) is 3.25. The fraction of sp³-hybridized carbons (Fsp3) is 0.130. The van der Waals surface area contributed by atoms with Crippen LogP contribution in [0.3, 0.4) is 0 Å². The number of nitrogens with zero attached hydrogens (tertiary/aromatic N) is 1. The van der Waals surface area contributed by atoms with Crippen LogP contribution in [-0.4, -0.2) is 22.1 Å². The Morgan fingerprint density at radius 3 is 2.72 bits per heavy atom. The lowest BCUT2D eigenvalue weighted by atomic mass is 10.2. The summed E-state index contributed by atoms with van der Waals surface area (Å²) < 4.78 is 7.50. The number of carbonyl (C=O) groups is 1. The second-order valence-electron chi connectivity index (χ2n) is 6.85. The number of H-pyrrole nitrogens is 1. The zero-order valence-corrected chi connectivity index (χ0v) is 16.0. The summed E-state index contributed by atoms with van der Waals surface area (Å²) in [7, 11) is 0. The minimum Gasteiger partial charge on any atom is -0.478 e. The maximum absolute atomic E-state index is 12.4. The van der Waals surface area contributed by atoms with Crippen molar-refractivity contribution in [1.82, 2.24) is 9.55 Å². The number of hydrogen-bond donors (Lipinski definition) is 2. The highest BCUT2D eigenvalue weighted by Crippen LogP contribution is 2.25. The predicted molar refractivity (Wildman–Crippen MR) is 113 cm³/mol. The van der Waals surface area contributed by atoms with E-state index >= 15 is 0 Å². The molecule has 2 N–H and O–H groups in total. The Morgan fingerprint density at radius 1 is 1.10 bits per heavy atom. The standard InChI is InChI=1S/C23H21N3O3/c1-16-12-21(27)22(13-24-16)29-15-23(28)25-19-8-5-9-20-18(19)10-11-26(20)14-17-6-3-2-4-7-17/h2-13H,14-15H2,1H3,(H,24,27)(H,25,28). The summed E-state index contributed by atoms with van der Waals surface area (Å²) in [6.45, 7) is 2.29. The summed E-state index contributed by atoms with van der Waals surface area (Å²) in [4.78, 5) is 27.1. The van der Waals surface area contributed by atoms with E-state index in [-0.39, 0.29) is 23.7 Å². The second-order valence-corrected chi connectivity index (χ2v) is 6.85. The van der Waals surface area contributed by atoms with Gasteiger partial charge >= 0.3 is 0 Å². The molecule has 0 saturated heterocycles. The van der Waals surface area contributed by atoms with Crippen molar-refractivity contribution in [3.05, 3.63) is 94.5 Å². The van der Waals surface area contributed by atoms with Gasteiger partial charge in [0.25, 0.3) is 5.91 Å². The van der Waals surface area contributed by atoms with Crippen LogP contribution in [0.1, 0.15) is 11.3 Å². The lowest BCUT2D eigenvalue weighted by Crippen LogP contribution is -2.22. The molecule has 0 aliphatic rings. The van der Waals surface area contributed by atoms with E-state index in [0.717, 1.165) is 23.1 Å². The van der Waals surface area contributed by atoms with E-state index in [1.807, 2.05) is 48.7 Å². The van der Waals surface area contributed by atoms with E-state index in [9.17, 15) is 9.59 Å². The smallest absolute Gasteiger partial charge is 0.262 e. The molecule has 1 amide bonds. The van der Waals surface area contributed by atoms with Gasteiger partial charge in [0.2, 0.25) is 5.43 Å². The van der Waals surface area contributed by atoms with Crippen LogP contribution in [0.25, 0.3) is 10.9 Å². The van der Waals surface area contributed by atoms with Gasteiger partial charge in [0.1, 0.15) is 0 Å². The van der Waals surface area contributed by atoms with Gasteiger partial charge in [-0.1, -0.05) is 36.4 Å². The van der Waals surface area contributed by atoms with Gasteiger partial charge in [0.15, 0.2) is 12.4 Å². The van der Waals surface area contributed by atoms with Crippen molar-refractivity contribution in [2.24, 2.45) is 0 Å². The Balaban J connectivity index is 1.48. The molecule has 0 radical (unpaired) electrons. The van der Waals surface area contributed by atoms with Gasteiger partial charge in [0.05, 0.1) is 11.2 Å². The molecule has 4 aromatic rings. The Hall–Kier alpha value is -3.80. The quantitative estimate of drug-likeness (QED) is 0.530. The average Bonchev–Trinajstić information content (AvgIpc) is 3.12. The van der Waals surface area contributed by atoms with Gasteiger partial charge in [-0.15, -0.1) is 0 Å². The van der Waals surface area contributed by atoms with Crippen molar-refractivity contribution >= 4 is 22.5 Å². The molecule has 0 saturated carbocycles. The predicted octanol–water partition coefficient (Wildman–Crippen LogP) is 3.70. The Labute approximate surface area is 167 Å². The molecular weight excluding hydrogens is 366 g/mol. The lowest BCUT2D eigenvalue weighted by molar-refractivity contribution is -0.118. The van der Waals surface area contributed by atoms with Crippen LogP contribution in [0.5, 0.6) is 5.75 Å². The van der Waals surface area contributed by atoms with Gasteiger partial charge in [-0.2, -0.15) is 0 Å². The molecule has 6 nitrogen and oxygen atoms in total. The summed E-state index contributed by atoms with van der Waals surface area (Å²) in [5.41, 5.74) is 3.42. The maximum atomic E-state index is 12.4. The number of nitrogens with one attached hydrogen (secondary N) is 2. The molecule has 0 aliphatic carbocycles. The number of amides is 1. The number of pyridine rings is 1. The first-order valence-electron chi connectivity index (χ1n) is 9.34. The fourth-order valence-electron chi connectivity index (χ4n) is 3.25. The highest BCUT2D eigenvalue weighted by Gasteiger charge is 2.10. The number of benzene rings is 2. The molecule has 6 heteroatoms. The zero-order chi connectivity index (χ0) is 20.2. The van der Waals surface area contributed by atoms with Crippen LogP contribution >= 0.6 is 0 Å². The van der Waals surface area contributed by atoms with Crippen molar-refractivity contribution in [1.29, 1.82) is 0 Å². The van der Waals surface area contributed by atoms with Crippen molar-refractivity contribution < 1.29 is 9.53 Å². The second kappa shape index (κ2) is 8.06. The summed E-state index contributed by atoms with van der Waals surface area (Å²) >= 11 is 0. The largest absolute Gasteiger partial charge is 0.478 e. The number of ether oxygens (including phenoxy) is 1. The number of rotatable bonds is 6. The molecule has 0 aliphatic heterocycles. The monoisotopic (exact) mass is 387 g/mol. The maximum Gasteiger partial charge on any atom is 0.262 e. The highest BCUT2D eigenvalue weighted by atomic mass is 16.5. The zero-order valence-electron chi connectivity index (χ0n) is 16.0. The van der Waals surface area contributed by atoms with Gasteiger partial charge in [-0.25, -0.2) is 0 Å². The first-order valence-corrected chi connectivity index (χ1v) is 9.34. The SMILES string of the molecule is Cc1cc(=O)c(OCC(=O)Nc2cccc3c2ccn3Cc2ccccc2)c[nH]1. The van der Waals surface area contributed by atoms with Crippen LogP contribution in [0.15, 0.2) is 77.9 Å². The molecule has 0 atom stereocenters. The van der Waals surface area contributed by atoms with Crippen molar-refractivity contribution in [2.45, 2.75) is 13.5 Å². The van der Waals surface area contributed by atoms with Crippen molar-refractivity contribution in [3.63, 3.8) is 0 Å². The molecule has 146 valence electrons. The average molecular weight is 387 g/mol. The van der Waals surface area contributed by atoms with Gasteiger partial charge in [0, 0.05) is 36.1 Å². The van der Waals surface area contributed by atoms with Crippen LogP contribution in [0.4, 0.5) is 5.69 Å². The summed E-state index contributed by atoms with van der Waals surface area (Å²) in [5.74, 6) is -0.203. The van der Waals surface area contributed by atoms with Gasteiger partial charge in [-0.05, 0) is 30.7 Å². The number of aryl methyl sites for hydroxylation is 1. The number of aromatic amines is 1. The molecule has 0 spiro atoms. The van der Waals surface area contributed by atoms with E-state index in [4.69, 9.17) is 4.74 Å². The molecular formula is C23H21N3O3. The third kappa shape index (κ3) is 4.21. The van der Waals surface area contributed by atoms with Crippen LogP contribution in [-0.2, 0) is 11.3 Å². The molecule has 29 heavy (non-hydrogen) atoms. The van der Waals surface area contributed by atoms with E-state index in [2.05, 4.69) is 27.0 Å². The third-order valence-electron chi connectivity index (χ3n) is 4.66. The Kier molecular flexibility index (Phi) is 5.16. The highest BCUT2D eigenvalue weighted by molar-refractivity contribution is 6.02. The van der Waals surface area contributed by atoms with E-state index in [1.54, 1.807) is 6.92 Å². The summed E-state index contributed by atoms with van der Waals surface area (Å²) in [6.07, 6.45) is 3.48. The normalized spacial score (nSPS) is 10.8. The molecule has 2 heterocycles. The number of aromatic nitrogens is 2. The number of anilines is 1.